The number of anilines is 2. The number of alkyl halides is 1. The van der Waals surface area contributed by atoms with E-state index in [1.807, 2.05) is 19.9 Å². The first-order valence-corrected chi connectivity index (χ1v) is 10.6. The van der Waals surface area contributed by atoms with E-state index in [1.54, 1.807) is 6.20 Å². The molecule has 2 aliphatic heterocycles. The van der Waals surface area contributed by atoms with Gasteiger partial charge in [0.25, 0.3) is 0 Å². The maximum absolute atomic E-state index is 14.9. The van der Waals surface area contributed by atoms with Crippen LogP contribution in [0.25, 0.3) is 0 Å². The van der Waals surface area contributed by atoms with Gasteiger partial charge in [0.1, 0.15) is 23.9 Å². The van der Waals surface area contributed by atoms with E-state index < -0.39 is 18.4 Å². The fraction of sp³-hybridized carbons (Fsp3) is 0.571. The monoisotopic (exact) mass is 428 g/mol. The van der Waals surface area contributed by atoms with Crippen LogP contribution in [0.4, 0.5) is 20.7 Å². The zero-order chi connectivity index (χ0) is 21.6. The topological polar surface area (TPSA) is 93.6 Å². The highest BCUT2D eigenvalue weighted by Crippen LogP contribution is 2.39. The van der Waals surface area contributed by atoms with Gasteiger partial charge in [-0.05, 0) is 32.8 Å². The molecule has 0 N–H and O–H groups in total. The number of carbonyl (C=O) groups excluding carboxylic acids is 1. The number of carbonyl (C=O) groups is 1. The predicted octanol–water partition coefficient (Wildman–Crippen LogP) is 2.75. The number of amides is 1. The smallest absolute Gasteiger partial charge is 0.410 e. The number of piperidine rings is 1. The molecule has 2 fully saturated rings. The van der Waals surface area contributed by atoms with Crippen LogP contribution in [0.5, 0.6) is 5.88 Å². The lowest BCUT2D eigenvalue weighted by molar-refractivity contribution is 0.00202. The molecule has 1 aliphatic carbocycles. The zero-order valence-corrected chi connectivity index (χ0v) is 17.6. The van der Waals surface area contributed by atoms with Gasteiger partial charge < -0.3 is 19.3 Å². The third kappa shape index (κ3) is 3.86. The van der Waals surface area contributed by atoms with E-state index in [0.29, 0.717) is 24.7 Å². The number of halogens is 1. The van der Waals surface area contributed by atoms with Gasteiger partial charge in [0, 0.05) is 25.9 Å². The van der Waals surface area contributed by atoms with Crippen molar-refractivity contribution in [1.82, 2.24) is 25.1 Å². The first kappa shape index (κ1) is 19.9. The first-order valence-electron chi connectivity index (χ1n) is 10.6. The Kier molecular flexibility index (Phi) is 4.86. The summed E-state index contributed by atoms with van der Waals surface area (Å²) in [6, 6.07) is 1.91. The molecule has 10 heteroatoms. The number of hydrogen-bond donors (Lipinski definition) is 0. The highest BCUT2D eigenvalue weighted by molar-refractivity contribution is 5.69. The number of fused-ring (bicyclic) bond motifs is 1. The molecule has 0 aromatic carbocycles. The second-order valence-corrected chi connectivity index (χ2v) is 8.62. The molecule has 1 saturated carbocycles. The van der Waals surface area contributed by atoms with Crippen LogP contribution in [0.1, 0.15) is 37.4 Å². The molecule has 1 saturated heterocycles. The van der Waals surface area contributed by atoms with Gasteiger partial charge in [0.2, 0.25) is 5.88 Å². The average Bonchev–Trinajstić information content (AvgIpc) is 3.32. The molecule has 9 nitrogen and oxygen atoms in total. The summed E-state index contributed by atoms with van der Waals surface area (Å²) < 4.78 is 26.3. The number of rotatable bonds is 4. The van der Waals surface area contributed by atoms with Gasteiger partial charge in [-0.1, -0.05) is 0 Å². The Hall–Kier alpha value is -3.04. The van der Waals surface area contributed by atoms with Crippen LogP contribution in [0.2, 0.25) is 0 Å². The minimum absolute atomic E-state index is 0.0469. The highest BCUT2D eigenvalue weighted by Gasteiger charge is 2.44. The summed E-state index contributed by atoms with van der Waals surface area (Å²) in [5.41, 5.74) is 2.25. The summed E-state index contributed by atoms with van der Waals surface area (Å²) in [6.45, 7) is 4.84. The Morgan fingerprint density at radius 1 is 1.29 bits per heavy atom. The van der Waals surface area contributed by atoms with Gasteiger partial charge in [-0.15, -0.1) is 0 Å². The van der Waals surface area contributed by atoms with Gasteiger partial charge >= 0.3 is 6.09 Å². The standard InChI is InChI=1S/C21H25FN6O3/c1-13-18(28-10-4-15-16(28)3-8-25-26-15)23-12-24-19(13)30-17-5-9-27(11-14(17)22)20(29)31-21(2)6-7-21/h3,8,12,14,17H,4-7,9-11H2,1-2H3/t14-,17?/m0/s1. The SMILES string of the molecule is Cc1c(OC2CCN(C(=O)OC3(C)CC3)C[C@@H]2F)ncnc1N1CCc2nnccc21. The van der Waals surface area contributed by atoms with Crippen molar-refractivity contribution in [3.63, 3.8) is 0 Å². The Morgan fingerprint density at radius 2 is 2.13 bits per heavy atom. The molecule has 1 unspecified atom stereocenters. The molecule has 31 heavy (non-hydrogen) atoms. The largest absolute Gasteiger partial charge is 0.471 e. The fourth-order valence-corrected chi connectivity index (χ4v) is 4.03. The molecule has 4 heterocycles. The van der Waals surface area contributed by atoms with Crippen molar-refractivity contribution in [3.8, 4) is 5.88 Å². The van der Waals surface area contributed by atoms with Gasteiger partial charge in [0.15, 0.2) is 6.17 Å². The second-order valence-electron chi connectivity index (χ2n) is 8.62. The zero-order valence-electron chi connectivity index (χ0n) is 17.6. The summed E-state index contributed by atoms with van der Waals surface area (Å²) in [5, 5.41) is 8.12. The molecular weight excluding hydrogens is 403 g/mol. The lowest BCUT2D eigenvalue weighted by Gasteiger charge is -2.34. The molecular formula is C21H25FN6O3. The number of hydrogen-bond acceptors (Lipinski definition) is 8. The summed E-state index contributed by atoms with van der Waals surface area (Å²) in [7, 11) is 0. The number of likely N-dealkylation sites (tertiary alicyclic amines) is 1. The van der Waals surface area contributed by atoms with Gasteiger partial charge in [-0.2, -0.15) is 10.2 Å². The third-order valence-electron chi connectivity index (χ3n) is 6.19. The normalized spacial score (nSPS) is 24.0. The van der Waals surface area contributed by atoms with Crippen molar-refractivity contribution >= 4 is 17.6 Å². The molecule has 0 radical (unpaired) electrons. The Morgan fingerprint density at radius 3 is 2.90 bits per heavy atom. The summed E-state index contributed by atoms with van der Waals surface area (Å²) in [5.74, 6) is 1.07. The summed E-state index contributed by atoms with van der Waals surface area (Å²) in [4.78, 5) is 24.4. The van der Waals surface area contributed by atoms with E-state index in [0.717, 1.165) is 42.8 Å². The van der Waals surface area contributed by atoms with Crippen LogP contribution in [0, 0.1) is 6.92 Å². The minimum atomic E-state index is -1.33. The first-order chi connectivity index (χ1) is 14.9. The maximum Gasteiger partial charge on any atom is 0.410 e. The molecule has 3 aliphatic rings. The van der Waals surface area contributed by atoms with Crippen molar-refractivity contribution in [1.29, 1.82) is 0 Å². The third-order valence-corrected chi connectivity index (χ3v) is 6.19. The fourth-order valence-electron chi connectivity index (χ4n) is 4.03. The lowest BCUT2D eigenvalue weighted by Crippen LogP contribution is -2.50. The second kappa shape index (κ2) is 7.58. The number of ether oxygens (including phenoxy) is 2. The Labute approximate surface area is 179 Å². The van der Waals surface area contributed by atoms with E-state index in [-0.39, 0.29) is 12.1 Å². The number of nitrogens with zero attached hydrogens (tertiary/aromatic N) is 6. The molecule has 1 amide bonds. The van der Waals surface area contributed by atoms with E-state index in [9.17, 15) is 9.18 Å². The summed E-state index contributed by atoms with van der Waals surface area (Å²) >= 11 is 0. The van der Waals surface area contributed by atoms with E-state index >= 15 is 0 Å². The summed E-state index contributed by atoms with van der Waals surface area (Å²) in [6.07, 6.45) is 3.50. The van der Waals surface area contributed by atoms with Crippen LogP contribution < -0.4 is 9.64 Å². The van der Waals surface area contributed by atoms with Crippen molar-refractivity contribution in [2.24, 2.45) is 0 Å². The van der Waals surface area contributed by atoms with Crippen molar-refractivity contribution in [3.05, 3.63) is 29.8 Å². The molecule has 0 bridgehead atoms. The van der Waals surface area contributed by atoms with Gasteiger partial charge in [-0.3, -0.25) is 0 Å². The number of aromatic nitrogens is 4. The quantitative estimate of drug-likeness (QED) is 0.734. The molecule has 0 spiro atoms. The van der Waals surface area contributed by atoms with Crippen LogP contribution in [0.3, 0.4) is 0 Å². The molecule has 2 atom stereocenters. The van der Waals surface area contributed by atoms with E-state index in [4.69, 9.17) is 9.47 Å². The van der Waals surface area contributed by atoms with E-state index in [2.05, 4.69) is 25.1 Å². The lowest BCUT2D eigenvalue weighted by atomic mass is 10.1. The molecule has 2 aromatic heterocycles. The van der Waals surface area contributed by atoms with Crippen LogP contribution >= 0.6 is 0 Å². The van der Waals surface area contributed by atoms with Crippen LogP contribution in [-0.2, 0) is 11.2 Å². The minimum Gasteiger partial charge on any atom is -0.471 e. The van der Waals surface area contributed by atoms with Crippen molar-refractivity contribution in [2.45, 2.75) is 57.4 Å². The Bertz CT molecular complexity index is 1000. The molecule has 2 aromatic rings. The predicted molar refractivity (Wildman–Crippen MR) is 109 cm³/mol. The van der Waals surface area contributed by atoms with Crippen LogP contribution in [-0.4, -0.2) is 68.7 Å². The molecule has 5 rings (SSSR count). The molecule has 164 valence electrons. The maximum atomic E-state index is 14.9. The highest BCUT2D eigenvalue weighted by atomic mass is 19.1. The van der Waals surface area contributed by atoms with Gasteiger partial charge in [-0.25, -0.2) is 19.2 Å². The Balaban J connectivity index is 1.27. The van der Waals surface area contributed by atoms with Crippen LogP contribution in [0.15, 0.2) is 18.6 Å². The van der Waals surface area contributed by atoms with Crippen molar-refractivity contribution < 1.29 is 18.7 Å². The van der Waals surface area contributed by atoms with Gasteiger partial charge in [0.05, 0.1) is 29.7 Å². The average molecular weight is 428 g/mol. The van der Waals surface area contributed by atoms with E-state index in [1.165, 1.54) is 11.2 Å². The van der Waals surface area contributed by atoms with Crippen molar-refractivity contribution in [2.75, 3.05) is 24.5 Å².